The van der Waals surface area contributed by atoms with Gasteiger partial charge >= 0.3 is 11.8 Å². The highest BCUT2D eigenvalue weighted by molar-refractivity contribution is 5.84. The van der Waals surface area contributed by atoms with Crippen LogP contribution in [0.25, 0.3) is 16.7 Å². The smallest absolute Gasteiger partial charge is 0.411 e. The Hall–Kier alpha value is -4.78. The Labute approximate surface area is 227 Å². The number of anilines is 1. The van der Waals surface area contributed by atoms with E-state index in [1.165, 1.54) is 0 Å². The predicted octanol–water partition coefficient (Wildman–Crippen LogP) is 6.34. The van der Waals surface area contributed by atoms with Gasteiger partial charge in [0.25, 0.3) is 0 Å². The normalized spacial score (nSPS) is 10.9. The van der Waals surface area contributed by atoms with Crippen molar-refractivity contribution >= 4 is 22.8 Å². The third-order valence-electron chi connectivity index (χ3n) is 6.61. The van der Waals surface area contributed by atoms with Crippen molar-refractivity contribution in [3.8, 4) is 11.4 Å². The molecule has 1 N–H and O–H groups in total. The molecule has 0 saturated carbocycles. The summed E-state index contributed by atoms with van der Waals surface area (Å²) in [5, 5.41) is 2.73. The van der Waals surface area contributed by atoms with Crippen LogP contribution in [0.1, 0.15) is 23.1 Å². The summed E-state index contributed by atoms with van der Waals surface area (Å²) in [7, 11) is 1.62. The number of fused-ring (bicyclic) bond motifs is 1. The number of hydrogen-bond donors (Lipinski definition) is 1. The minimum Gasteiger partial charge on any atom is -0.497 e. The first-order valence-corrected chi connectivity index (χ1v) is 13.0. The Morgan fingerprint density at radius 3 is 2.28 bits per heavy atom. The van der Waals surface area contributed by atoms with Crippen LogP contribution in [-0.4, -0.2) is 28.9 Å². The van der Waals surface area contributed by atoms with Gasteiger partial charge in [-0.15, -0.1) is 0 Å². The maximum Gasteiger partial charge on any atom is 0.411 e. The summed E-state index contributed by atoms with van der Waals surface area (Å²) >= 11 is 0. The van der Waals surface area contributed by atoms with Gasteiger partial charge in [0.05, 0.1) is 37.0 Å². The number of benzene rings is 4. The molecule has 0 unspecified atom stereocenters. The second-order valence-electron chi connectivity index (χ2n) is 9.41. The number of carbonyl (C=O) groups excluding carboxylic acids is 1. The molecule has 39 heavy (non-hydrogen) atoms. The lowest BCUT2D eigenvalue weighted by Gasteiger charge is -2.11. The highest BCUT2D eigenvalue weighted by Crippen LogP contribution is 2.26. The van der Waals surface area contributed by atoms with Gasteiger partial charge in [0.15, 0.2) is 0 Å². The topological polar surface area (TPSA) is 74.5 Å². The van der Waals surface area contributed by atoms with Gasteiger partial charge in [-0.3, -0.25) is 14.5 Å². The molecule has 0 aliphatic heterocycles. The van der Waals surface area contributed by atoms with Crippen LogP contribution in [0.4, 0.5) is 10.5 Å². The number of rotatable bonds is 9. The molecule has 0 spiro atoms. The van der Waals surface area contributed by atoms with E-state index in [0.29, 0.717) is 25.1 Å². The van der Waals surface area contributed by atoms with Crippen molar-refractivity contribution in [3.05, 3.63) is 124 Å². The molecule has 0 bridgehead atoms. The van der Waals surface area contributed by atoms with E-state index in [1.54, 1.807) is 11.7 Å². The van der Waals surface area contributed by atoms with Crippen molar-refractivity contribution in [1.82, 2.24) is 9.13 Å². The van der Waals surface area contributed by atoms with Gasteiger partial charge in [0, 0.05) is 5.69 Å². The fraction of sp³-hybridized carbons (Fsp3) is 0.188. The number of para-hydroxylation sites is 1. The van der Waals surface area contributed by atoms with E-state index in [0.717, 1.165) is 39.2 Å². The number of nitrogens with one attached hydrogen (secondary N) is 1. The van der Waals surface area contributed by atoms with Crippen LogP contribution in [0, 0.1) is 6.92 Å². The van der Waals surface area contributed by atoms with Crippen LogP contribution in [0.5, 0.6) is 5.75 Å². The predicted molar refractivity (Wildman–Crippen MR) is 154 cm³/mol. The summed E-state index contributed by atoms with van der Waals surface area (Å²) in [6, 6.07) is 30.9. The van der Waals surface area contributed by atoms with Gasteiger partial charge < -0.3 is 9.47 Å². The van der Waals surface area contributed by atoms with Gasteiger partial charge in [0.1, 0.15) is 5.75 Å². The first kappa shape index (κ1) is 25.9. The van der Waals surface area contributed by atoms with Crippen molar-refractivity contribution in [2.24, 2.45) is 0 Å². The molecular weight excluding hydrogens is 490 g/mol. The zero-order valence-corrected chi connectivity index (χ0v) is 22.1. The lowest BCUT2D eigenvalue weighted by atomic mass is 10.0. The number of amides is 1. The van der Waals surface area contributed by atoms with E-state index in [-0.39, 0.29) is 12.3 Å². The van der Waals surface area contributed by atoms with E-state index in [1.807, 2.05) is 96.4 Å². The molecule has 0 aliphatic rings. The second kappa shape index (κ2) is 11.7. The Kier molecular flexibility index (Phi) is 7.78. The van der Waals surface area contributed by atoms with E-state index in [4.69, 9.17) is 9.47 Å². The first-order chi connectivity index (χ1) is 19.0. The van der Waals surface area contributed by atoms with E-state index >= 15 is 0 Å². The lowest BCUT2D eigenvalue weighted by molar-refractivity contribution is 0.160. The Balaban J connectivity index is 1.46. The van der Waals surface area contributed by atoms with Crippen molar-refractivity contribution in [3.63, 3.8) is 0 Å². The number of aryl methyl sites for hydroxylation is 2. The number of imidazole rings is 1. The first-order valence-electron chi connectivity index (χ1n) is 13.0. The molecule has 7 heteroatoms. The molecule has 7 nitrogen and oxygen atoms in total. The van der Waals surface area contributed by atoms with Crippen molar-refractivity contribution in [2.75, 3.05) is 19.0 Å². The van der Waals surface area contributed by atoms with Gasteiger partial charge in [-0.2, -0.15) is 0 Å². The molecule has 0 aliphatic carbocycles. The third-order valence-corrected chi connectivity index (χ3v) is 6.61. The van der Waals surface area contributed by atoms with Crippen LogP contribution in [0.3, 0.4) is 0 Å². The summed E-state index contributed by atoms with van der Waals surface area (Å²) in [4.78, 5) is 26.1. The number of aromatic nitrogens is 2. The summed E-state index contributed by atoms with van der Waals surface area (Å²) < 4.78 is 14.4. The van der Waals surface area contributed by atoms with Crippen LogP contribution in [0.2, 0.25) is 0 Å². The Bertz CT molecular complexity index is 1620. The van der Waals surface area contributed by atoms with E-state index < -0.39 is 6.09 Å². The highest BCUT2D eigenvalue weighted by Gasteiger charge is 2.19. The zero-order chi connectivity index (χ0) is 27.2. The largest absolute Gasteiger partial charge is 0.497 e. The maximum atomic E-state index is 13.9. The molecule has 0 fully saturated rings. The molecule has 198 valence electrons. The SMILES string of the molecule is COc1ccc(-n2c(=O)n(Cc3ccccc3)c3cc(C)cc(CCCOC(=O)Nc4ccccc4)c32)cc1. The average molecular weight is 522 g/mol. The maximum absolute atomic E-state index is 13.9. The number of methoxy groups -OCH3 is 1. The summed E-state index contributed by atoms with van der Waals surface area (Å²) in [5.41, 5.74) is 6.22. The van der Waals surface area contributed by atoms with Gasteiger partial charge in [-0.25, -0.2) is 9.59 Å². The number of carbonyl (C=O) groups is 1. The standard InChI is InChI=1S/C32H31N3O4/c1-23-20-25(12-9-19-39-31(36)33-26-13-7-4-8-14-26)30-29(21-23)34(22-24-10-5-3-6-11-24)32(37)35(30)27-15-17-28(38-2)18-16-27/h3-8,10-11,13-18,20-21H,9,12,19,22H2,1-2H3,(H,33,36). The Morgan fingerprint density at radius 1 is 0.897 bits per heavy atom. The fourth-order valence-electron chi connectivity index (χ4n) is 4.80. The molecule has 1 aromatic heterocycles. The van der Waals surface area contributed by atoms with Crippen molar-refractivity contribution in [2.45, 2.75) is 26.3 Å². The van der Waals surface area contributed by atoms with Crippen LogP contribution < -0.4 is 15.7 Å². The molecule has 5 rings (SSSR count). The highest BCUT2D eigenvalue weighted by atomic mass is 16.5. The number of nitrogens with zero attached hydrogens (tertiary/aromatic N) is 2. The van der Waals surface area contributed by atoms with Crippen molar-refractivity contribution in [1.29, 1.82) is 0 Å². The summed E-state index contributed by atoms with van der Waals surface area (Å²) in [6.07, 6.45) is 0.767. The lowest BCUT2D eigenvalue weighted by Crippen LogP contribution is -2.23. The molecule has 1 heterocycles. The quantitative estimate of drug-likeness (QED) is 0.230. The molecular formula is C32H31N3O4. The Morgan fingerprint density at radius 2 is 1.59 bits per heavy atom. The monoisotopic (exact) mass is 521 g/mol. The van der Waals surface area contributed by atoms with E-state index in [9.17, 15) is 9.59 Å². The second-order valence-corrected chi connectivity index (χ2v) is 9.41. The molecule has 0 atom stereocenters. The zero-order valence-electron chi connectivity index (χ0n) is 22.1. The third kappa shape index (κ3) is 5.88. The molecule has 0 saturated heterocycles. The van der Waals surface area contributed by atoms with Crippen LogP contribution in [-0.2, 0) is 17.7 Å². The molecule has 1 amide bonds. The number of hydrogen-bond acceptors (Lipinski definition) is 4. The van der Waals surface area contributed by atoms with E-state index in [2.05, 4.69) is 17.4 Å². The summed E-state index contributed by atoms with van der Waals surface area (Å²) in [6.45, 7) is 2.76. The minimum atomic E-state index is -0.486. The number of ether oxygens (including phenoxy) is 2. The van der Waals surface area contributed by atoms with Gasteiger partial charge in [-0.1, -0.05) is 54.6 Å². The summed E-state index contributed by atoms with van der Waals surface area (Å²) in [5.74, 6) is 0.724. The average Bonchev–Trinajstić information content (AvgIpc) is 3.23. The van der Waals surface area contributed by atoms with Gasteiger partial charge in [-0.05, 0) is 78.9 Å². The molecule has 4 aromatic carbocycles. The molecule has 0 radical (unpaired) electrons. The van der Waals surface area contributed by atoms with Gasteiger partial charge in [0.2, 0.25) is 0 Å². The van der Waals surface area contributed by atoms with Crippen LogP contribution in [0.15, 0.2) is 102 Å². The van der Waals surface area contributed by atoms with Crippen molar-refractivity contribution < 1.29 is 14.3 Å². The van der Waals surface area contributed by atoms with Crippen LogP contribution >= 0.6 is 0 Å². The molecule has 5 aromatic rings. The minimum absolute atomic E-state index is 0.107. The fourth-order valence-corrected chi connectivity index (χ4v) is 4.80.